The molecule has 1 heterocycles. The van der Waals surface area contributed by atoms with Crippen LogP contribution in [-0.4, -0.2) is 38.9 Å². The van der Waals surface area contributed by atoms with Gasteiger partial charge in [-0.2, -0.15) is 0 Å². The standard InChI is InChI=1S/C21H22N2O5/c1-25-18-11-15(12-19(26-2)20(18)27-3)21(24)22-10-9-16-13-17(28-23-16)14-7-5-4-6-8-14/h4-8,11-13H,9-10H2,1-3H3,(H,22,24). The number of aromatic nitrogens is 1. The van der Waals surface area contributed by atoms with Gasteiger partial charge in [-0.3, -0.25) is 4.79 Å². The van der Waals surface area contributed by atoms with Gasteiger partial charge in [0.25, 0.3) is 5.91 Å². The number of hydrogen-bond acceptors (Lipinski definition) is 6. The molecule has 0 unspecified atom stereocenters. The molecule has 0 radical (unpaired) electrons. The first-order valence-electron chi connectivity index (χ1n) is 8.75. The fraction of sp³-hybridized carbons (Fsp3) is 0.238. The summed E-state index contributed by atoms with van der Waals surface area (Å²) in [6, 6.07) is 14.8. The number of hydrogen-bond donors (Lipinski definition) is 1. The molecular formula is C21H22N2O5. The molecule has 3 rings (SSSR count). The van der Waals surface area contributed by atoms with Gasteiger partial charge in [-0.15, -0.1) is 0 Å². The largest absolute Gasteiger partial charge is 0.493 e. The first kappa shape index (κ1) is 19.3. The highest BCUT2D eigenvalue weighted by atomic mass is 16.5. The number of benzene rings is 2. The van der Waals surface area contributed by atoms with Crippen molar-refractivity contribution in [3.8, 4) is 28.6 Å². The van der Waals surface area contributed by atoms with Crippen molar-refractivity contribution in [1.29, 1.82) is 0 Å². The van der Waals surface area contributed by atoms with Crippen molar-refractivity contribution in [1.82, 2.24) is 10.5 Å². The van der Waals surface area contributed by atoms with Crippen LogP contribution in [0.2, 0.25) is 0 Å². The SMILES string of the molecule is COc1cc(C(=O)NCCc2cc(-c3ccccc3)on2)cc(OC)c1OC. The Morgan fingerprint density at radius 1 is 1.00 bits per heavy atom. The second kappa shape index (κ2) is 8.94. The molecule has 0 saturated heterocycles. The average Bonchev–Trinajstić information content (AvgIpc) is 3.22. The molecule has 0 bridgehead atoms. The van der Waals surface area contributed by atoms with Crippen molar-refractivity contribution in [2.75, 3.05) is 27.9 Å². The molecule has 1 N–H and O–H groups in total. The lowest BCUT2D eigenvalue weighted by molar-refractivity contribution is 0.0953. The third kappa shape index (κ3) is 4.25. The van der Waals surface area contributed by atoms with Crippen molar-refractivity contribution in [3.05, 3.63) is 59.8 Å². The van der Waals surface area contributed by atoms with E-state index in [-0.39, 0.29) is 5.91 Å². The molecule has 7 nitrogen and oxygen atoms in total. The van der Waals surface area contributed by atoms with Crippen molar-refractivity contribution >= 4 is 5.91 Å². The number of ether oxygens (including phenoxy) is 3. The molecule has 0 spiro atoms. The van der Waals surface area contributed by atoms with E-state index in [2.05, 4.69) is 10.5 Å². The Morgan fingerprint density at radius 3 is 2.29 bits per heavy atom. The van der Waals surface area contributed by atoms with Crippen molar-refractivity contribution in [2.24, 2.45) is 0 Å². The number of amides is 1. The van der Waals surface area contributed by atoms with Gasteiger partial charge in [0.05, 0.1) is 27.0 Å². The minimum absolute atomic E-state index is 0.244. The Balaban J connectivity index is 1.63. The summed E-state index contributed by atoms with van der Waals surface area (Å²) in [4.78, 5) is 12.5. The van der Waals surface area contributed by atoms with Crippen LogP contribution >= 0.6 is 0 Å². The highest BCUT2D eigenvalue weighted by Crippen LogP contribution is 2.38. The Kier molecular flexibility index (Phi) is 6.16. The van der Waals surface area contributed by atoms with E-state index in [0.717, 1.165) is 11.3 Å². The summed E-state index contributed by atoms with van der Waals surface area (Å²) in [6.45, 7) is 0.413. The number of nitrogens with one attached hydrogen (secondary N) is 1. The molecule has 2 aromatic carbocycles. The van der Waals surface area contributed by atoms with Crippen LogP contribution in [0.4, 0.5) is 0 Å². The Bertz CT molecular complexity index is 912. The van der Waals surface area contributed by atoms with Gasteiger partial charge in [-0.1, -0.05) is 35.5 Å². The van der Waals surface area contributed by atoms with Crippen LogP contribution in [0, 0.1) is 0 Å². The summed E-state index contributed by atoms with van der Waals surface area (Å²) in [6.07, 6.45) is 0.548. The second-order valence-electron chi connectivity index (χ2n) is 5.97. The van der Waals surface area contributed by atoms with Gasteiger partial charge in [0.2, 0.25) is 5.75 Å². The third-order valence-electron chi connectivity index (χ3n) is 4.21. The van der Waals surface area contributed by atoms with E-state index in [4.69, 9.17) is 18.7 Å². The van der Waals surface area contributed by atoms with E-state index in [1.54, 1.807) is 12.1 Å². The predicted molar refractivity (Wildman–Crippen MR) is 104 cm³/mol. The summed E-state index contributed by atoms with van der Waals surface area (Å²) in [7, 11) is 4.53. The molecule has 146 valence electrons. The van der Waals surface area contributed by atoms with Gasteiger partial charge in [0, 0.05) is 30.2 Å². The predicted octanol–water partition coefficient (Wildman–Crippen LogP) is 3.34. The molecule has 28 heavy (non-hydrogen) atoms. The minimum atomic E-state index is -0.244. The van der Waals surface area contributed by atoms with Crippen LogP contribution in [0.3, 0.4) is 0 Å². The monoisotopic (exact) mass is 382 g/mol. The van der Waals surface area contributed by atoms with Gasteiger partial charge in [0.15, 0.2) is 17.3 Å². The zero-order valence-corrected chi connectivity index (χ0v) is 16.0. The van der Waals surface area contributed by atoms with E-state index in [9.17, 15) is 4.79 Å². The number of rotatable bonds is 8. The molecular weight excluding hydrogens is 360 g/mol. The first-order valence-corrected chi connectivity index (χ1v) is 8.75. The third-order valence-corrected chi connectivity index (χ3v) is 4.21. The molecule has 0 atom stereocenters. The fourth-order valence-corrected chi connectivity index (χ4v) is 2.79. The summed E-state index contributed by atoms with van der Waals surface area (Å²) in [5.41, 5.74) is 2.14. The Labute approximate surface area is 163 Å². The maximum atomic E-state index is 12.5. The van der Waals surface area contributed by atoms with Crippen LogP contribution in [0.15, 0.2) is 53.1 Å². The first-order chi connectivity index (χ1) is 13.7. The fourth-order valence-electron chi connectivity index (χ4n) is 2.79. The zero-order chi connectivity index (χ0) is 19.9. The molecule has 0 aliphatic heterocycles. The van der Waals surface area contributed by atoms with Crippen molar-refractivity contribution < 1.29 is 23.5 Å². The van der Waals surface area contributed by atoms with Crippen LogP contribution in [0.25, 0.3) is 11.3 Å². The van der Waals surface area contributed by atoms with Crippen LogP contribution in [0.5, 0.6) is 17.2 Å². The average molecular weight is 382 g/mol. The minimum Gasteiger partial charge on any atom is -0.493 e. The molecule has 0 aliphatic carbocycles. The van der Waals surface area contributed by atoms with Gasteiger partial charge in [-0.05, 0) is 12.1 Å². The smallest absolute Gasteiger partial charge is 0.251 e. The van der Waals surface area contributed by atoms with E-state index in [1.165, 1.54) is 21.3 Å². The van der Waals surface area contributed by atoms with Crippen LogP contribution in [-0.2, 0) is 6.42 Å². The molecule has 3 aromatic rings. The molecule has 0 aliphatic rings. The zero-order valence-electron chi connectivity index (χ0n) is 16.0. The van der Waals surface area contributed by atoms with Crippen molar-refractivity contribution in [3.63, 3.8) is 0 Å². The Hall–Kier alpha value is -3.48. The van der Waals surface area contributed by atoms with Gasteiger partial charge in [0.1, 0.15) is 0 Å². The normalized spacial score (nSPS) is 10.4. The lowest BCUT2D eigenvalue weighted by atomic mass is 10.1. The highest BCUT2D eigenvalue weighted by Gasteiger charge is 2.17. The van der Waals surface area contributed by atoms with E-state index in [1.807, 2.05) is 36.4 Å². The second-order valence-corrected chi connectivity index (χ2v) is 5.97. The summed E-state index contributed by atoms with van der Waals surface area (Å²) in [5, 5.41) is 6.92. The Morgan fingerprint density at radius 2 is 1.68 bits per heavy atom. The summed E-state index contributed by atoms with van der Waals surface area (Å²) >= 11 is 0. The number of nitrogens with zero attached hydrogens (tertiary/aromatic N) is 1. The number of carbonyl (C=O) groups excluding carboxylic acids is 1. The number of carbonyl (C=O) groups is 1. The van der Waals surface area contributed by atoms with Crippen LogP contribution in [0.1, 0.15) is 16.1 Å². The maximum absolute atomic E-state index is 12.5. The van der Waals surface area contributed by atoms with Gasteiger partial charge < -0.3 is 24.1 Å². The molecule has 1 aromatic heterocycles. The van der Waals surface area contributed by atoms with E-state index < -0.39 is 0 Å². The van der Waals surface area contributed by atoms with Gasteiger partial charge in [-0.25, -0.2) is 0 Å². The quantitative estimate of drug-likeness (QED) is 0.643. The summed E-state index contributed by atoms with van der Waals surface area (Å²) in [5.74, 6) is 1.75. The molecule has 0 saturated carbocycles. The topological polar surface area (TPSA) is 82.8 Å². The number of methoxy groups -OCH3 is 3. The molecule has 7 heteroatoms. The molecule has 0 fully saturated rings. The van der Waals surface area contributed by atoms with E-state index >= 15 is 0 Å². The van der Waals surface area contributed by atoms with Crippen molar-refractivity contribution in [2.45, 2.75) is 6.42 Å². The lowest BCUT2D eigenvalue weighted by Gasteiger charge is -2.14. The lowest BCUT2D eigenvalue weighted by Crippen LogP contribution is -2.25. The highest BCUT2D eigenvalue weighted by molar-refractivity contribution is 5.95. The van der Waals surface area contributed by atoms with Crippen LogP contribution < -0.4 is 19.5 Å². The molecule has 1 amide bonds. The van der Waals surface area contributed by atoms with Gasteiger partial charge >= 0.3 is 0 Å². The maximum Gasteiger partial charge on any atom is 0.251 e. The summed E-state index contributed by atoms with van der Waals surface area (Å²) < 4.78 is 21.2. The van der Waals surface area contributed by atoms with E-state index in [0.29, 0.717) is 41.5 Å².